The van der Waals surface area contributed by atoms with Gasteiger partial charge in [0.15, 0.2) is 0 Å². The zero-order valence-electron chi connectivity index (χ0n) is 8.88. The van der Waals surface area contributed by atoms with Crippen LogP contribution in [-0.4, -0.2) is 26.2 Å². The van der Waals surface area contributed by atoms with Crippen LogP contribution in [0, 0.1) is 5.92 Å². The molecule has 2 aromatic rings. The van der Waals surface area contributed by atoms with Gasteiger partial charge in [-0.2, -0.15) is 0 Å². The summed E-state index contributed by atoms with van der Waals surface area (Å²) in [4.78, 5) is 20.6. The predicted molar refractivity (Wildman–Crippen MR) is 62.2 cm³/mol. The number of aliphatic carboxylic acids is 1. The van der Waals surface area contributed by atoms with Crippen molar-refractivity contribution in [3.05, 3.63) is 16.8 Å². The highest BCUT2D eigenvalue weighted by atomic mass is 32.1. The average molecular weight is 250 g/mol. The molecule has 0 saturated heterocycles. The van der Waals surface area contributed by atoms with Crippen LogP contribution >= 0.6 is 11.3 Å². The van der Waals surface area contributed by atoms with E-state index >= 15 is 0 Å². The molecule has 1 aliphatic carbocycles. The first kappa shape index (κ1) is 10.5. The van der Waals surface area contributed by atoms with Crippen molar-refractivity contribution in [2.24, 2.45) is 5.92 Å². The van der Waals surface area contributed by atoms with Gasteiger partial charge in [-0.15, -0.1) is 11.3 Å². The Kier molecular flexibility index (Phi) is 2.25. The zero-order chi connectivity index (χ0) is 12.0. The fraction of sp³-hybridized carbons (Fsp3) is 0.364. The van der Waals surface area contributed by atoms with Gasteiger partial charge in [0.1, 0.15) is 11.2 Å². The largest absolute Gasteiger partial charge is 0.493 e. The molecule has 1 unspecified atom stereocenters. The van der Waals surface area contributed by atoms with E-state index in [1.165, 1.54) is 17.7 Å². The molecule has 1 aliphatic rings. The van der Waals surface area contributed by atoms with Gasteiger partial charge in [0.05, 0.1) is 11.3 Å². The highest BCUT2D eigenvalue weighted by molar-refractivity contribution is 7.18. The number of aryl methyl sites for hydroxylation is 1. The lowest BCUT2D eigenvalue weighted by molar-refractivity contribution is -0.142. The van der Waals surface area contributed by atoms with E-state index in [9.17, 15) is 9.90 Å². The van der Waals surface area contributed by atoms with Gasteiger partial charge in [0.2, 0.25) is 5.88 Å². The quantitative estimate of drug-likeness (QED) is 0.803. The van der Waals surface area contributed by atoms with Crippen LogP contribution in [0.1, 0.15) is 16.9 Å². The smallest absolute Gasteiger partial charge is 0.306 e. The third-order valence-electron chi connectivity index (χ3n) is 3.17. The summed E-state index contributed by atoms with van der Waals surface area (Å²) in [6.07, 6.45) is 3.15. The maximum absolute atomic E-state index is 11.0. The van der Waals surface area contributed by atoms with Crippen molar-refractivity contribution in [3.63, 3.8) is 0 Å². The number of carbonyl (C=O) groups is 1. The Morgan fingerprint density at radius 3 is 3.06 bits per heavy atom. The van der Waals surface area contributed by atoms with Crippen molar-refractivity contribution in [1.29, 1.82) is 0 Å². The molecular formula is C11H10N2O3S. The fourth-order valence-electron chi connectivity index (χ4n) is 2.30. The lowest BCUT2D eigenvalue weighted by Crippen LogP contribution is -2.20. The van der Waals surface area contributed by atoms with Crippen LogP contribution in [0.3, 0.4) is 0 Å². The molecule has 2 N–H and O–H groups in total. The van der Waals surface area contributed by atoms with E-state index in [4.69, 9.17) is 5.11 Å². The number of hydrogen-bond acceptors (Lipinski definition) is 5. The van der Waals surface area contributed by atoms with Crippen molar-refractivity contribution >= 4 is 27.5 Å². The minimum Gasteiger partial charge on any atom is -0.493 e. The summed E-state index contributed by atoms with van der Waals surface area (Å²) in [7, 11) is 0. The Labute approximate surface area is 101 Å². The van der Waals surface area contributed by atoms with E-state index in [-0.39, 0.29) is 11.8 Å². The first-order chi connectivity index (χ1) is 8.16. The van der Waals surface area contributed by atoms with Crippen LogP contribution in [0.4, 0.5) is 0 Å². The van der Waals surface area contributed by atoms with Crippen LogP contribution in [0.15, 0.2) is 6.33 Å². The number of carboxylic acids is 1. The van der Waals surface area contributed by atoms with E-state index < -0.39 is 5.97 Å². The van der Waals surface area contributed by atoms with Crippen molar-refractivity contribution in [2.75, 3.05) is 0 Å². The second-order valence-corrected chi connectivity index (χ2v) is 5.24. The number of fused-ring (bicyclic) bond motifs is 3. The minimum absolute atomic E-state index is 0.00118. The van der Waals surface area contributed by atoms with Gasteiger partial charge in [-0.05, 0) is 24.8 Å². The maximum atomic E-state index is 11.0. The van der Waals surface area contributed by atoms with E-state index in [1.54, 1.807) is 0 Å². The minimum atomic E-state index is -0.747. The molecule has 0 bridgehead atoms. The number of carboxylic acid groups (broad SMARTS) is 1. The summed E-state index contributed by atoms with van der Waals surface area (Å²) in [6.45, 7) is 0. The van der Waals surface area contributed by atoms with Crippen LogP contribution < -0.4 is 0 Å². The SMILES string of the molecule is O=C(O)C1CCc2c(sc3ncnc(O)c23)C1. The first-order valence-electron chi connectivity index (χ1n) is 5.34. The fourth-order valence-corrected chi connectivity index (χ4v) is 3.57. The molecule has 0 aliphatic heterocycles. The van der Waals surface area contributed by atoms with Gasteiger partial charge < -0.3 is 10.2 Å². The van der Waals surface area contributed by atoms with E-state index in [0.29, 0.717) is 24.6 Å². The van der Waals surface area contributed by atoms with Gasteiger partial charge in [-0.25, -0.2) is 9.97 Å². The zero-order valence-corrected chi connectivity index (χ0v) is 9.70. The van der Waals surface area contributed by atoms with Gasteiger partial charge in [-0.3, -0.25) is 4.79 Å². The van der Waals surface area contributed by atoms with Crippen molar-refractivity contribution in [2.45, 2.75) is 19.3 Å². The number of aromatic nitrogens is 2. The Morgan fingerprint density at radius 2 is 2.29 bits per heavy atom. The summed E-state index contributed by atoms with van der Waals surface area (Å²) >= 11 is 1.46. The summed E-state index contributed by atoms with van der Waals surface area (Å²) in [5.74, 6) is -1.06. The summed E-state index contributed by atoms with van der Waals surface area (Å²) in [5.41, 5.74) is 1.03. The highest BCUT2D eigenvalue weighted by Crippen LogP contribution is 2.39. The van der Waals surface area contributed by atoms with E-state index in [1.807, 2.05) is 0 Å². The summed E-state index contributed by atoms with van der Waals surface area (Å²) < 4.78 is 0. The Hall–Kier alpha value is -1.69. The molecule has 0 spiro atoms. The second kappa shape index (κ2) is 3.66. The molecule has 0 aromatic carbocycles. The number of hydrogen-bond donors (Lipinski definition) is 2. The molecule has 0 saturated carbocycles. The monoisotopic (exact) mass is 250 g/mol. The molecule has 17 heavy (non-hydrogen) atoms. The average Bonchev–Trinajstić information content (AvgIpc) is 2.67. The van der Waals surface area contributed by atoms with E-state index in [2.05, 4.69) is 9.97 Å². The highest BCUT2D eigenvalue weighted by Gasteiger charge is 2.28. The third kappa shape index (κ3) is 1.56. The molecule has 0 fully saturated rings. The van der Waals surface area contributed by atoms with Gasteiger partial charge in [0.25, 0.3) is 0 Å². The maximum Gasteiger partial charge on any atom is 0.306 e. The molecular weight excluding hydrogens is 240 g/mol. The topological polar surface area (TPSA) is 83.3 Å². The van der Waals surface area contributed by atoms with Crippen LogP contribution in [0.25, 0.3) is 10.2 Å². The third-order valence-corrected chi connectivity index (χ3v) is 4.34. The van der Waals surface area contributed by atoms with Crippen molar-refractivity contribution in [3.8, 4) is 5.88 Å². The van der Waals surface area contributed by atoms with Crippen molar-refractivity contribution < 1.29 is 15.0 Å². The molecule has 0 radical (unpaired) electrons. The first-order valence-corrected chi connectivity index (χ1v) is 6.15. The molecule has 2 heterocycles. The Bertz CT molecular complexity index is 608. The van der Waals surface area contributed by atoms with Crippen LogP contribution in [0.2, 0.25) is 0 Å². The van der Waals surface area contributed by atoms with E-state index in [0.717, 1.165) is 15.3 Å². The number of aromatic hydroxyl groups is 1. The van der Waals surface area contributed by atoms with Gasteiger partial charge in [-0.1, -0.05) is 0 Å². The Balaban J connectivity index is 2.14. The molecule has 5 nitrogen and oxygen atoms in total. The second-order valence-electron chi connectivity index (χ2n) is 4.16. The number of rotatable bonds is 1. The predicted octanol–water partition coefficient (Wildman–Crippen LogP) is 1.59. The molecule has 0 amide bonds. The lowest BCUT2D eigenvalue weighted by Gasteiger charge is -2.18. The van der Waals surface area contributed by atoms with Crippen LogP contribution in [-0.2, 0) is 17.6 Å². The van der Waals surface area contributed by atoms with Crippen molar-refractivity contribution in [1.82, 2.24) is 9.97 Å². The molecule has 1 atom stereocenters. The summed E-state index contributed by atoms with van der Waals surface area (Å²) in [5, 5.41) is 19.5. The molecule has 3 rings (SSSR count). The summed E-state index contributed by atoms with van der Waals surface area (Å²) in [6, 6.07) is 0. The molecule has 88 valence electrons. The number of thiophene rings is 1. The molecule has 6 heteroatoms. The standard InChI is InChI=1S/C11H10N2O3S/c14-9-8-6-2-1-5(11(15)16)3-7(6)17-10(8)13-4-12-9/h4-5H,1-3H2,(H,15,16)(H,12,13,14). The number of nitrogens with zero attached hydrogens (tertiary/aromatic N) is 2. The Morgan fingerprint density at radius 1 is 1.47 bits per heavy atom. The van der Waals surface area contributed by atoms with Crippen LogP contribution in [0.5, 0.6) is 5.88 Å². The lowest BCUT2D eigenvalue weighted by atomic mass is 9.88. The van der Waals surface area contributed by atoms with Gasteiger partial charge in [0, 0.05) is 4.88 Å². The molecule has 2 aromatic heterocycles. The normalized spacial score (nSPS) is 19.2. The van der Waals surface area contributed by atoms with Gasteiger partial charge >= 0.3 is 5.97 Å².